The Hall–Kier alpha value is -3.35. The number of hydrogen-bond acceptors (Lipinski definition) is 13. The van der Waals surface area contributed by atoms with Crippen molar-refractivity contribution < 1.29 is 64.6 Å². The summed E-state index contributed by atoms with van der Waals surface area (Å²) in [4.78, 5) is 13.0. The predicted molar refractivity (Wildman–Crippen MR) is 267 cm³/mol. The maximum atomic E-state index is 13.0. The van der Waals surface area contributed by atoms with Crippen molar-refractivity contribution >= 4 is 5.91 Å². The SMILES string of the molecule is CC/C=C\C/C=C\C/C=C\C/C=C\C/C=C\C/C=C\C/C=C\C/C=C\C/C=C\CCCCCC(=O)NC(COC1OC(CO)C(OC2OC(CO)C(O)C(O)C2O)C(O)C1O)C(O)CCCCC. The van der Waals surface area contributed by atoms with Gasteiger partial charge in [-0.15, -0.1) is 0 Å². The minimum absolute atomic E-state index is 0.253. The molecule has 2 heterocycles. The fourth-order valence-electron chi connectivity index (χ4n) is 7.40. The topological polar surface area (TPSA) is 228 Å². The quantitative estimate of drug-likeness (QED) is 0.0241. The molecule has 0 aromatic rings. The lowest BCUT2D eigenvalue weighted by Gasteiger charge is -2.46. The molecule has 14 nitrogen and oxygen atoms in total. The van der Waals surface area contributed by atoms with Crippen molar-refractivity contribution in [2.75, 3.05) is 19.8 Å². The molecule has 0 aromatic heterocycles. The molecule has 2 aliphatic heterocycles. The number of aliphatic hydroxyl groups is 8. The highest BCUT2D eigenvalue weighted by molar-refractivity contribution is 5.76. The number of hydrogen-bond donors (Lipinski definition) is 9. The largest absolute Gasteiger partial charge is 0.394 e. The van der Waals surface area contributed by atoms with E-state index in [2.05, 4.69) is 122 Å². The van der Waals surface area contributed by atoms with Crippen LogP contribution in [0.3, 0.4) is 0 Å². The average Bonchev–Trinajstić information content (AvgIpc) is 3.33. The first-order chi connectivity index (χ1) is 33.1. The number of carbonyl (C=O) groups excluding carboxylic acids is 1. The van der Waals surface area contributed by atoms with Gasteiger partial charge in [0.1, 0.15) is 48.8 Å². The van der Waals surface area contributed by atoms with Gasteiger partial charge in [0.15, 0.2) is 12.6 Å². The molecule has 12 unspecified atom stereocenters. The Balaban J connectivity index is 1.63. The summed E-state index contributed by atoms with van der Waals surface area (Å²) in [6.07, 6.45) is 37.9. The number of amides is 1. The molecule has 386 valence electrons. The van der Waals surface area contributed by atoms with Crippen LogP contribution in [-0.2, 0) is 23.7 Å². The number of ether oxygens (including phenoxy) is 4. The van der Waals surface area contributed by atoms with E-state index in [4.69, 9.17) is 18.9 Å². The van der Waals surface area contributed by atoms with Crippen molar-refractivity contribution in [3.05, 3.63) is 109 Å². The van der Waals surface area contributed by atoms with Gasteiger partial charge in [0.05, 0.1) is 32.0 Å². The Morgan fingerprint density at radius 2 is 1.01 bits per heavy atom. The van der Waals surface area contributed by atoms with Crippen LogP contribution < -0.4 is 5.32 Å². The van der Waals surface area contributed by atoms with Crippen LogP contribution in [0.5, 0.6) is 0 Å². The average molecular weight is 958 g/mol. The van der Waals surface area contributed by atoms with Crippen LogP contribution in [0.1, 0.15) is 129 Å². The van der Waals surface area contributed by atoms with E-state index >= 15 is 0 Å². The van der Waals surface area contributed by atoms with Gasteiger partial charge in [0, 0.05) is 6.42 Å². The van der Waals surface area contributed by atoms with Gasteiger partial charge in [-0.25, -0.2) is 0 Å². The van der Waals surface area contributed by atoms with E-state index in [-0.39, 0.29) is 18.9 Å². The van der Waals surface area contributed by atoms with E-state index in [1.165, 1.54) is 0 Å². The van der Waals surface area contributed by atoms with Gasteiger partial charge in [-0.2, -0.15) is 0 Å². The van der Waals surface area contributed by atoms with Gasteiger partial charge in [-0.05, 0) is 83.5 Å². The van der Waals surface area contributed by atoms with E-state index in [1.807, 2.05) is 6.92 Å². The van der Waals surface area contributed by atoms with Crippen molar-refractivity contribution in [2.24, 2.45) is 0 Å². The molecule has 12 atom stereocenters. The smallest absolute Gasteiger partial charge is 0.220 e. The van der Waals surface area contributed by atoms with E-state index < -0.39 is 86.8 Å². The van der Waals surface area contributed by atoms with Gasteiger partial charge in [0.25, 0.3) is 0 Å². The molecule has 1 amide bonds. The van der Waals surface area contributed by atoms with E-state index in [0.29, 0.717) is 12.8 Å². The highest BCUT2D eigenvalue weighted by atomic mass is 16.7. The summed E-state index contributed by atoms with van der Waals surface area (Å²) in [7, 11) is 0. The summed E-state index contributed by atoms with van der Waals surface area (Å²) in [6.45, 7) is 2.49. The van der Waals surface area contributed by atoms with Crippen molar-refractivity contribution in [1.29, 1.82) is 0 Å². The molecule has 2 rings (SSSR count). The lowest BCUT2D eigenvalue weighted by molar-refractivity contribution is -0.359. The van der Waals surface area contributed by atoms with Crippen molar-refractivity contribution in [3.8, 4) is 0 Å². The van der Waals surface area contributed by atoms with Crippen LogP contribution >= 0.6 is 0 Å². The second kappa shape index (κ2) is 39.4. The zero-order valence-electron chi connectivity index (χ0n) is 40.8. The lowest BCUT2D eigenvalue weighted by atomic mass is 9.97. The number of nitrogens with one attached hydrogen (secondary N) is 1. The van der Waals surface area contributed by atoms with E-state index in [1.54, 1.807) is 0 Å². The first kappa shape index (κ1) is 60.8. The minimum atomic E-state index is -1.79. The molecular weight excluding hydrogens is 871 g/mol. The van der Waals surface area contributed by atoms with Gasteiger partial charge in [0.2, 0.25) is 5.91 Å². The Bertz CT molecular complexity index is 1550. The normalized spacial score (nSPS) is 27.3. The number of aliphatic hydroxyl groups excluding tert-OH is 8. The summed E-state index contributed by atoms with van der Waals surface area (Å²) in [5, 5.41) is 86.0. The van der Waals surface area contributed by atoms with Crippen LogP contribution in [0.2, 0.25) is 0 Å². The molecule has 14 heteroatoms. The monoisotopic (exact) mass is 958 g/mol. The Morgan fingerprint density at radius 1 is 0.544 bits per heavy atom. The predicted octanol–water partition coefficient (Wildman–Crippen LogP) is 6.54. The maximum absolute atomic E-state index is 13.0. The lowest BCUT2D eigenvalue weighted by Crippen LogP contribution is -2.65. The van der Waals surface area contributed by atoms with Gasteiger partial charge >= 0.3 is 0 Å². The van der Waals surface area contributed by atoms with Crippen LogP contribution in [0.25, 0.3) is 0 Å². The number of carbonyl (C=O) groups is 1. The van der Waals surface area contributed by atoms with Crippen molar-refractivity contribution in [2.45, 2.75) is 203 Å². The summed E-state index contributed by atoms with van der Waals surface area (Å²) in [5.74, 6) is -0.258. The standard InChI is InChI=1S/C54H87NO13/c1-3-5-7-8-9-10-11-12-13-14-15-16-17-18-19-20-21-22-23-24-25-26-27-28-29-30-31-32-33-34-36-38-46(59)55-42(43(58)37-35-6-4-2)41-65-53-51(64)49(62)52(45(40-57)67-53)68-54-50(63)48(61)47(60)44(39-56)66-54/h5,7,9-10,12-13,15-16,18-19,21-22,24-25,27-28,30-31,42-45,47-54,56-58,60-64H,3-4,6,8,11,14,17,20,23,26,29,32-41H2,1-2H3,(H,55,59)/b7-5-,10-9-,13-12-,16-15-,19-18-,22-21-,25-24-,28-27-,31-30-. The highest BCUT2D eigenvalue weighted by Gasteiger charge is 2.51. The van der Waals surface area contributed by atoms with Crippen LogP contribution in [0, 0.1) is 0 Å². The molecule has 2 saturated heterocycles. The Kier molecular flexibility index (Phi) is 35.2. The molecule has 0 aromatic carbocycles. The molecule has 0 radical (unpaired) electrons. The highest BCUT2D eigenvalue weighted by Crippen LogP contribution is 2.30. The Morgan fingerprint density at radius 3 is 1.50 bits per heavy atom. The van der Waals surface area contributed by atoms with Crippen molar-refractivity contribution in [3.63, 3.8) is 0 Å². The molecule has 0 spiro atoms. The second-order valence-electron chi connectivity index (χ2n) is 17.2. The minimum Gasteiger partial charge on any atom is -0.394 e. The summed E-state index contributed by atoms with van der Waals surface area (Å²) < 4.78 is 22.5. The molecule has 2 aliphatic rings. The first-order valence-electron chi connectivity index (χ1n) is 25.1. The molecule has 9 N–H and O–H groups in total. The maximum Gasteiger partial charge on any atom is 0.220 e. The molecule has 0 saturated carbocycles. The number of allylic oxidation sites excluding steroid dienone is 18. The fourth-order valence-corrected chi connectivity index (χ4v) is 7.40. The summed E-state index contributed by atoms with van der Waals surface area (Å²) in [6, 6.07) is -0.850. The van der Waals surface area contributed by atoms with Gasteiger partial charge in [-0.1, -0.05) is 149 Å². The first-order valence-corrected chi connectivity index (χ1v) is 25.1. The number of unbranched alkanes of at least 4 members (excludes halogenated alkanes) is 5. The summed E-state index contributed by atoms with van der Waals surface area (Å²) >= 11 is 0. The molecule has 68 heavy (non-hydrogen) atoms. The fraction of sp³-hybridized carbons (Fsp3) is 0.648. The third-order valence-electron chi connectivity index (χ3n) is 11.5. The van der Waals surface area contributed by atoms with Crippen LogP contribution in [0.4, 0.5) is 0 Å². The molecule has 0 aliphatic carbocycles. The third kappa shape index (κ3) is 26.0. The molecule has 0 bridgehead atoms. The molecular formula is C54H87NO13. The number of rotatable bonds is 36. The molecule has 2 fully saturated rings. The zero-order valence-corrected chi connectivity index (χ0v) is 40.8. The summed E-state index contributed by atoms with van der Waals surface area (Å²) in [5.41, 5.74) is 0. The van der Waals surface area contributed by atoms with Gasteiger partial charge in [-0.3, -0.25) is 4.79 Å². The Labute approximate surface area is 406 Å². The van der Waals surface area contributed by atoms with Gasteiger partial charge < -0.3 is 65.1 Å². The zero-order chi connectivity index (χ0) is 49.6. The third-order valence-corrected chi connectivity index (χ3v) is 11.5. The second-order valence-corrected chi connectivity index (χ2v) is 17.2. The van der Waals surface area contributed by atoms with Crippen LogP contribution in [0.15, 0.2) is 109 Å². The van der Waals surface area contributed by atoms with Crippen LogP contribution in [-0.4, -0.2) is 140 Å². The van der Waals surface area contributed by atoms with E-state index in [0.717, 1.165) is 96.3 Å². The van der Waals surface area contributed by atoms with E-state index in [9.17, 15) is 45.6 Å². The van der Waals surface area contributed by atoms with Crippen molar-refractivity contribution in [1.82, 2.24) is 5.32 Å².